The third-order valence-electron chi connectivity index (χ3n) is 6.76. The van der Waals surface area contributed by atoms with Crippen LogP contribution in [0.25, 0.3) is 0 Å². The maximum Gasteiger partial charge on any atom is 0.251 e. The first-order valence-electron chi connectivity index (χ1n) is 10.8. The largest absolute Gasteiger partial charge is 0.349 e. The van der Waals surface area contributed by atoms with E-state index in [2.05, 4.69) is 31.3 Å². The molecule has 2 aromatic carbocycles. The van der Waals surface area contributed by atoms with E-state index in [4.69, 9.17) is 11.6 Å². The molecule has 3 unspecified atom stereocenters. The van der Waals surface area contributed by atoms with Gasteiger partial charge in [0.25, 0.3) is 5.91 Å². The molecule has 1 aliphatic carbocycles. The summed E-state index contributed by atoms with van der Waals surface area (Å²) in [5, 5.41) is 3.81. The number of carbonyl (C=O) groups is 2. The molecule has 2 aromatic rings. The van der Waals surface area contributed by atoms with E-state index in [1.807, 2.05) is 35.2 Å². The van der Waals surface area contributed by atoms with Crippen molar-refractivity contribution in [3.8, 4) is 0 Å². The van der Waals surface area contributed by atoms with Crippen molar-refractivity contribution >= 4 is 23.4 Å². The van der Waals surface area contributed by atoms with E-state index < -0.39 is 0 Å². The Morgan fingerprint density at radius 2 is 1.70 bits per heavy atom. The Labute approximate surface area is 183 Å². The zero-order valence-electron chi connectivity index (χ0n) is 17.6. The van der Waals surface area contributed by atoms with Gasteiger partial charge in [-0.1, -0.05) is 55.8 Å². The summed E-state index contributed by atoms with van der Waals surface area (Å²) in [6, 6.07) is 17.2. The lowest BCUT2D eigenvalue weighted by Crippen LogP contribution is -2.56. The second kappa shape index (κ2) is 8.43. The molecule has 1 aliphatic heterocycles. The number of carbonyl (C=O) groups excluding carboxylic acids is 2. The second-order valence-electron chi connectivity index (χ2n) is 9.27. The van der Waals surface area contributed by atoms with Crippen LogP contribution in [0.2, 0.25) is 5.02 Å². The Kier molecular flexibility index (Phi) is 5.88. The molecule has 1 saturated carbocycles. The number of hydrogen-bond acceptors (Lipinski definition) is 2. The minimum absolute atomic E-state index is 0.0196. The van der Waals surface area contributed by atoms with E-state index in [0.717, 1.165) is 37.4 Å². The van der Waals surface area contributed by atoms with Gasteiger partial charge in [-0.3, -0.25) is 9.59 Å². The van der Waals surface area contributed by atoms with Crippen LogP contribution in [0.3, 0.4) is 0 Å². The standard InChI is InChI=1S/C25H29ClN2O2/c1-25(2)16-28(15-14-21(25)17-8-10-19(26)11-9-17)24(30)20-12-13-22(20)27-23(29)18-6-4-3-5-7-18/h3-11,20-22H,12-16H2,1-2H3,(H,27,29). The summed E-state index contributed by atoms with van der Waals surface area (Å²) in [5.41, 5.74) is 1.91. The van der Waals surface area contributed by atoms with E-state index in [1.54, 1.807) is 12.1 Å². The van der Waals surface area contributed by atoms with Crippen LogP contribution >= 0.6 is 11.6 Å². The highest BCUT2D eigenvalue weighted by Crippen LogP contribution is 2.43. The molecule has 2 aliphatic rings. The highest BCUT2D eigenvalue weighted by Gasteiger charge is 2.44. The van der Waals surface area contributed by atoms with Crippen molar-refractivity contribution in [2.24, 2.45) is 11.3 Å². The topological polar surface area (TPSA) is 49.4 Å². The Balaban J connectivity index is 1.38. The predicted octanol–water partition coefficient (Wildman–Crippen LogP) is 4.89. The fourth-order valence-corrected chi connectivity index (χ4v) is 5.03. The quantitative estimate of drug-likeness (QED) is 0.759. The van der Waals surface area contributed by atoms with Crippen molar-refractivity contribution < 1.29 is 9.59 Å². The van der Waals surface area contributed by atoms with Crippen molar-refractivity contribution in [3.63, 3.8) is 0 Å². The van der Waals surface area contributed by atoms with Crippen LogP contribution in [-0.4, -0.2) is 35.8 Å². The van der Waals surface area contributed by atoms with Crippen molar-refractivity contribution in [1.82, 2.24) is 10.2 Å². The van der Waals surface area contributed by atoms with Crippen LogP contribution in [-0.2, 0) is 4.79 Å². The molecule has 0 radical (unpaired) electrons. The van der Waals surface area contributed by atoms with E-state index in [-0.39, 0.29) is 29.2 Å². The van der Waals surface area contributed by atoms with Gasteiger partial charge in [0.1, 0.15) is 0 Å². The molecule has 158 valence electrons. The van der Waals surface area contributed by atoms with E-state index in [1.165, 1.54) is 5.56 Å². The van der Waals surface area contributed by atoms with Crippen molar-refractivity contribution in [2.45, 2.75) is 45.1 Å². The van der Waals surface area contributed by atoms with Crippen LogP contribution in [0, 0.1) is 11.3 Å². The average Bonchev–Trinajstić information content (AvgIpc) is 2.72. The van der Waals surface area contributed by atoms with Gasteiger partial charge >= 0.3 is 0 Å². The molecule has 2 fully saturated rings. The Hall–Kier alpha value is -2.33. The number of amides is 2. The fourth-order valence-electron chi connectivity index (χ4n) is 4.90. The molecule has 30 heavy (non-hydrogen) atoms. The van der Waals surface area contributed by atoms with Crippen LogP contribution in [0.5, 0.6) is 0 Å². The number of nitrogens with zero attached hydrogens (tertiary/aromatic N) is 1. The van der Waals surface area contributed by atoms with Crippen LogP contribution in [0.4, 0.5) is 0 Å². The first-order valence-corrected chi connectivity index (χ1v) is 11.1. The lowest BCUT2D eigenvalue weighted by Gasteiger charge is -2.47. The molecule has 1 saturated heterocycles. The first-order chi connectivity index (χ1) is 14.3. The van der Waals surface area contributed by atoms with E-state index >= 15 is 0 Å². The first kappa shape index (κ1) is 20.9. The van der Waals surface area contributed by atoms with Crippen LogP contribution < -0.4 is 5.32 Å². The summed E-state index contributed by atoms with van der Waals surface area (Å²) in [5.74, 6) is 0.372. The summed E-state index contributed by atoms with van der Waals surface area (Å²) in [7, 11) is 0. The zero-order chi connectivity index (χ0) is 21.3. The lowest BCUT2D eigenvalue weighted by atomic mass is 9.69. The number of nitrogens with one attached hydrogen (secondary N) is 1. The number of benzene rings is 2. The van der Waals surface area contributed by atoms with Gasteiger partial charge in [0.05, 0.1) is 5.92 Å². The number of rotatable bonds is 4. The molecule has 2 amide bonds. The number of piperidine rings is 1. The minimum atomic E-state index is -0.111. The maximum atomic E-state index is 13.2. The van der Waals surface area contributed by atoms with E-state index in [9.17, 15) is 9.59 Å². The predicted molar refractivity (Wildman–Crippen MR) is 120 cm³/mol. The third kappa shape index (κ3) is 4.24. The molecule has 3 atom stereocenters. The normalized spacial score (nSPS) is 25.3. The minimum Gasteiger partial charge on any atom is -0.349 e. The van der Waals surface area contributed by atoms with Gasteiger partial charge in [0.2, 0.25) is 5.91 Å². The zero-order valence-corrected chi connectivity index (χ0v) is 18.4. The summed E-state index contributed by atoms with van der Waals surface area (Å²) >= 11 is 6.05. The van der Waals surface area contributed by atoms with Gasteiger partial charge in [0, 0.05) is 29.7 Å². The Bertz CT molecular complexity index is 911. The second-order valence-corrected chi connectivity index (χ2v) is 9.71. The van der Waals surface area contributed by atoms with Gasteiger partial charge in [0.15, 0.2) is 0 Å². The fraction of sp³-hybridized carbons (Fsp3) is 0.440. The van der Waals surface area contributed by atoms with E-state index in [0.29, 0.717) is 11.5 Å². The van der Waals surface area contributed by atoms with Crippen LogP contribution in [0.1, 0.15) is 54.9 Å². The molecule has 0 aromatic heterocycles. The molecule has 1 N–H and O–H groups in total. The number of halogens is 1. The number of hydrogen-bond donors (Lipinski definition) is 1. The van der Waals surface area contributed by atoms with Gasteiger partial charge in [-0.05, 0) is 60.4 Å². The summed E-state index contributed by atoms with van der Waals surface area (Å²) in [6.45, 7) is 5.96. The molecule has 5 heteroatoms. The van der Waals surface area contributed by atoms with Crippen LogP contribution in [0.15, 0.2) is 54.6 Å². The summed E-state index contributed by atoms with van der Waals surface area (Å²) in [4.78, 5) is 27.7. The number of likely N-dealkylation sites (tertiary alicyclic amines) is 1. The third-order valence-corrected chi connectivity index (χ3v) is 7.01. The molecular weight excluding hydrogens is 396 g/mol. The molecule has 0 spiro atoms. The molecule has 0 bridgehead atoms. The highest BCUT2D eigenvalue weighted by atomic mass is 35.5. The monoisotopic (exact) mass is 424 g/mol. The Morgan fingerprint density at radius 1 is 1.00 bits per heavy atom. The molecular formula is C25H29ClN2O2. The van der Waals surface area contributed by atoms with Gasteiger partial charge < -0.3 is 10.2 Å². The SMILES string of the molecule is CC1(C)CN(C(=O)C2CCC2NC(=O)c2ccccc2)CCC1c1ccc(Cl)cc1. The molecule has 1 heterocycles. The van der Waals surface area contributed by atoms with Crippen molar-refractivity contribution in [3.05, 3.63) is 70.7 Å². The Morgan fingerprint density at radius 3 is 2.30 bits per heavy atom. The summed E-state index contributed by atoms with van der Waals surface area (Å²) in [6.07, 6.45) is 2.64. The molecule has 4 rings (SSSR count). The van der Waals surface area contributed by atoms with Gasteiger partial charge in [-0.2, -0.15) is 0 Å². The highest BCUT2D eigenvalue weighted by molar-refractivity contribution is 6.30. The lowest BCUT2D eigenvalue weighted by molar-refractivity contribution is -0.143. The maximum absolute atomic E-state index is 13.2. The van der Waals surface area contributed by atoms with Crippen molar-refractivity contribution in [1.29, 1.82) is 0 Å². The van der Waals surface area contributed by atoms with Gasteiger partial charge in [-0.25, -0.2) is 0 Å². The summed E-state index contributed by atoms with van der Waals surface area (Å²) < 4.78 is 0. The molecule has 4 nitrogen and oxygen atoms in total. The van der Waals surface area contributed by atoms with Crippen molar-refractivity contribution in [2.75, 3.05) is 13.1 Å². The van der Waals surface area contributed by atoms with Gasteiger partial charge in [-0.15, -0.1) is 0 Å². The smallest absolute Gasteiger partial charge is 0.251 e. The average molecular weight is 425 g/mol.